The number of carbonyl (C=O) groups is 1. The number of nitrogens with one attached hydrogen (secondary N) is 3. The third-order valence-corrected chi connectivity index (χ3v) is 6.29. The first-order valence-corrected chi connectivity index (χ1v) is 11.4. The van der Waals surface area contributed by atoms with Gasteiger partial charge in [-0.25, -0.2) is 8.78 Å². The summed E-state index contributed by atoms with van der Waals surface area (Å²) in [4.78, 5) is 16.7. The lowest BCUT2D eigenvalue weighted by Gasteiger charge is -2.29. The van der Waals surface area contributed by atoms with Crippen LogP contribution in [0.15, 0.2) is 83.4 Å². The molecule has 2 aromatic heterocycles. The molecule has 0 saturated heterocycles. The molecule has 2 heterocycles. The van der Waals surface area contributed by atoms with Gasteiger partial charge in [0.1, 0.15) is 11.3 Å². The number of amides is 1. The summed E-state index contributed by atoms with van der Waals surface area (Å²) in [5.74, 6) is -1.41. The molecule has 5 aromatic rings. The van der Waals surface area contributed by atoms with E-state index in [2.05, 4.69) is 15.6 Å². The van der Waals surface area contributed by atoms with Gasteiger partial charge in [-0.15, -0.1) is 0 Å². The van der Waals surface area contributed by atoms with Gasteiger partial charge in [0.2, 0.25) is 5.91 Å². The molecule has 0 radical (unpaired) electrons. The SMILES string of the molecule is CC(Cc1c[nH]c2ccccc12)(NCc1cc2ccccc2o1)C(=O)NCc1ccc(F)c(F)c1. The molecule has 1 unspecified atom stereocenters. The molecule has 0 bridgehead atoms. The van der Waals surface area contributed by atoms with Gasteiger partial charge in [0.15, 0.2) is 11.6 Å². The van der Waals surface area contributed by atoms with Crippen molar-refractivity contribution < 1.29 is 18.0 Å². The Kier molecular flexibility index (Phi) is 6.09. The fourth-order valence-corrected chi connectivity index (χ4v) is 4.32. The average molecular weight is 474 g/mol. The fraction of sp³-hybridized carbons (Fsp3) is 0.179. The maximum absolute atomic E-state index is 13.6. The molecule has 3 aromatic carbocycles. The molecule has 0 fully saturated rings. The number of carbonyl (C=O) groups excluding carboxylic acids is 1. The van der Waals surface area contributed by atoms with Crippen LogP contribution in [0.1, 0.15) is 23.8 Å². The van der Waals surface area contributed by atoms with Crippen molar-refractivity contribution in [2.75, 3.05) is 0 Å². The van der Waals surface area contributed by atoms with Gasteiger partial charge in [-0.3, -0.25) is 10.1 Å². The van der Waals surface area contributed by atoms with Crippen molar-refractivity contribution in [2.45, 2.75) is 32.0 Å². The van der Waals surface area contributed by atoms with Crippen LogP contribution in [0.2, 0.25) is 0 Å². The molecule has 0 aliphatic heterocycles. The van der Waals surface area contributed by atoms with Crippen LogP contribution in [-0.2, 0) is 24.3 Å². The van der Waals surface area contributed by atoms with Crippen molar-refractivity contribution in [2.24, 2.45) is 0 Å². The molecule has 5 rings (SSSR count). The van der Waals surface area contributed by atoms with Crippen molar-refractivity contribution in [1.29, 1.82) is 0 Å². The second kappa shape index (κ2) is 9.35. The molecule has 178 valence electrons. The zero-order chi connectivity index (χ0) is 24.4. The monoisotopic (exact) mass is 473 g/mol. The Morgan fingerprint density at radius 2 is 1.77 bits per heavy atom. The quantitative estimate of drug-likeness (QED) is 0.275. The highest BCUT2D eigenvalue weighted by Gasteiger charge is 2.34. The summed E-state index contributed by atoms with van der Waals surface area (Å²) < 4.78 is 32.8. The Bertz CT molecular complexity index is 1470. The summed E-state index contributed by atoms with van der Waals surface area (Å²) in [6.07, 6.45) is 2.31. The van der Waals surface area contributed by atoms with Gasteiger partial charge in [0.25, 0.3) is 0 Å². The van der Waals surface area contributed by atoms with Crippen LogP contribution in [0.5, 0.6) is 0 Å². The zero-order valence-electron chi connectivity index (χ0n) is 19.2. The molecular formula is C28H25F2N3O2. The summed E-state index contributed by atoms with van der Waals surface area (Å²) in [7, 11) is 0. The van der Waals surface area contributed by atoms with Crippen molar-refractivity contribution in [1.82, 2.24) is 15.6 Å². The van der Waals surface area contributed by atoms with Crippen LogP contribution < -0.4 is 10.6 Å². The van der Waals surface area contributed by atoms with Gasteiger partial charge in [0, 0.05) is 35.5 Å². The largest absolute Gasteiger partial charge is 0.460 e. The number of furan rings is 1. The summed E-state index contributed by atoms with van der Waals surface area (Å²) in [5, 5.41) is 8.29. The first-order chi connectivity index (χ1) is 16.9. The smallest absolute Gasteiger partial charge is 0.240 e. The zero-order valence-corrected chi connectivity index (χ0v) is 19.2. The van der Waals surface area contributed by atoms with Crippen molar-refractivity contribution in [3.8, 4) is 0 Å². The predicted molar refractivity (Wildman–Crippen MR) is 132 cm³/mol. The van der Waals surface area contributed by atoms with E-state index in [1.807, 2.05) is 67.7 Å². The molecule has 7 heteroatoms. The summed E-state index contributed by atoms with van der Waals surface area (Å²) in [6.45, 7) is 2.25. The van der Waals surface area contributed by atoms with Gasteiger partial charge < -0.3 is 14.7 Å². The number of rotatable bonds is 8. The van der Waals surface area contributed by atoms with Crippen LogP contribution in [0.25, 0.3) is 21.9 Å². The van der Waals surface area contributed by atoms with E-state index in [1.54, 1.807) is 0 Å². The second-order valence-corrected chi connectivity index (χ2v) is 8.90. The van der Waals surface area contributed by atoms with E-state index in [4.69, 9.17) is 4.42 Å². The lowest BCUT2D eigenvalue weighted by atomic mass is 9.91. The van der Waals surface area contributed by atoms with E-state index < -0.39 is 17.2 Å². The van der Waals surface area contributed by atoms with Crippen LogP contribution in [0.3, 0.4) is 0 Å². The van der Waals surface area contributed by atoms with Gasteiger partial charge in [-0.05, 0) is 48.4 Å². The molecule has 3 N–H and O–H groups in total. The highest BCUT2D eigenvalue weighted by atomic mass is 19.2. The third kappa shape index (κ3) is 4.81. The van der Waals surface area contributed by atoms with Crippen LogP contribution in [-0.4, -0.2) is 16.4 Å². The number of aromatic amines is 1. The molecular weight excluding hydrogens is 448 g/mol. The van der Waals surface area contributed by atoms with E-state index in [9.17, 15) is 13.6 Å². The Morgan fingerprint density at radius 1 is 0.971 bits per heavy atom. The van der Waals surface area contributed by atoms with Gasteiger partial charge in [0.05, 0.1) is 12.1 Å². The number of aromatic nitrogens is 1. The minimum absolute atomic E-state index is 0.0752. The average Bonchev–Trinajstić information content (AvgIpc) is 3.47. The Hall–Kier alpha value is -3.97. The van der Waals surface area contributed by atoms with Gasteiger partial charge >= 0.3 is 0 Å². The van der Waals surface area contributed by atoms with E-state index in [0.717, 1.165) is 39.6 Å². The van der Waals surface area contributed by atoms with E-state index in [0.29, 0.717) is 24.3 Å². The molecule has 0 aliphatic rings. The summed E-state index contributed by atoms with van der Waals surface area (Å²) in [6, 6.07) is 21.2. The Labute approximate surface area is 201 Å². The molecule has 1 amide bonds. The van der Waals surface area contributed by atoms with E-state index in [-0.39, 0.29) is 12.5 Å². The molecule has 35 heavy (non-hydrogen) atoms. The molecule has 0 aliphatic carbocycles. The number of benzene rings is 3. The minimum Gasteiger partial charge on any atom is -0.460 e. The number of halogens is 2. The van der Waals surface area contributed by atoms with Crippen LogP contribution in [0.4, 0.5) is 8.78 Å². The number of hydrogen-bond acceptors (Lipinski definition) is 3. The normalized spacial score (nSPS) is 13.2. The fourth-order valence-electron chi connectivity index (χ4n) is 4.32. The highest BCUT2D eigenvalue weighted by Crippen LogP contribution is 2.24. The van der Waals surface area contributed by atoms with E-state index >= 15 is 0 Å². The predicted octanol–water partition coefficient (Wildman–Crippen LogP) is 5.60. The lowest BCUT2D eigenvalue weighted by molar-refractivity contribution is -0.127. The Morgan fingerprint density at radius 3 is 2.60 bits per heavy atom. The van der Waals surface area contributed by atoms with Crippen LogP contribution in [0, 0.1) is 11.6 Å². The minimum atomic E-state index is -1.01. The number of fused-ring (bicyclic) bond motifs is 2. The molecule has 5 nitrogen and oxygen atoms in total. The summed E-state index contributed by atoms with van der Waals surface area (Å²) in [5.41, 5.74) is 2.23. The molecule has 1 atom stereocenters. The van der Waals surface area contributed by atoms with Crippen molar-refractivity contribution >= 4 is 27.8 Å². The number of hydrogen-bond donors (Lipinski definition) is 3. The van der Waals surface area contributed by atoms with Crippen molar-refractivity contribution in [3.63, 3.8) is 0 Å². The van der Waals surface area contributed by atoms with E-state index in [1.165, 1.54) is 6.07 Å². The van der Waals surface area contributed by atoms with Gasteiger partial charge in [-0.2, -0.15) is 0 Å². The second-order valence-electron chi connectivity index (χ2n) is 8.90. The Balaban J connectivity index is 1.38. The summed E-state index contributed by atoms with van der Waals surface area (Å²) >= 11 is 0. The maximum Gasteiger partial charge on any atom is 0.240 e. The van der Waals surface area contributed by atoms with Gasteiger partial charge in [-0.1, -0.05) is 42.5 Å². The number of para-hydroxylation sites is 2. The maximum atomic E-state index is 13.6. The van der Waals surface area contributed by atoms with Crippen LogP contribution >= 0.6 is 0 Å². The third-order valence-electron chi connectivity index (χ3n) is 6.29. The standard InChI is InChI=1S/C28H25F2N3O2/c1-28(14-20-16-31-25-8-4-3-7-22(20)25,27(34)32-15-18-10-11-23(29)24(30)12-18)33-17-21-13-19-6-2-5-9-26(19)35-21/h2-13,16,31,33H,14-15,17H2,1H3,(H,32,34). The lowest BCUT2D eigenvalue weighted by Crippen LogP contribution is -2.55. The molecule has 0 spiro atoms. The topological polar surface area (TPSA) is 70.1 Å². The number of H-pyrrole nitrogens is 1. The first kappa shape index (κ1) is 22.8. The highest BCUT2D eigenvalue weighted by molar-refractivity contribution is 5.89. The first-order valence-electron chi connectivity index (χ1n) is 11.4. The molecule has 0 saturated carbocycles. The van der Waals surface area contributed by atoms with Crippen molar-refractivity contribution in [3.05, 3.63) is 108 Å².